The van der Waals surface area contributed by atoms with E-state index in [1.807, 2.05) is 0 Å². The van der Waals surface area contributed by atoms with E-state index in [2.05, 4.69) is 62.4 Å². The van der Waals surface area contributed by atoms with E-state index in [9.17, 15) is 0 Å². The Balaban J connectivity index is 2.58. The van der Waals surface area contributed by atoms with Crippen LogP contribution in [-0.2, 0) is 6.42 Å². The highest BCUT2D eigenvalue weighted by Crippen LogP contribution is 2.10. The van der Waals surface area contributed by atoms with Gasteiger partial charge >= 0.3 is 0 Å². The third kappa shape index (κ3) is 2.12. The number of rotatable bonds is 2. The molecule has 0 unspecified atom stereocenters. The number of aryl methyl sites for hydroxylation is 1. The van der Waals surface area contributed by atoms with Crippen LogP contribution in [0.4, 0.5) is 0 Å². The Hall–Kier alpha value is -1.82. The van der Waals surface area contributed by atoms with Crippen molar-refractivity contribution in [1.29, 1.82) is 0 Å². The van der Waals surface area contributed by atoms with Crippen LogP contribution in [0.2, 0.25) is 0 Å². The van der Waals surface area contributed by atoms with Crippen molar-refractivity contribution in [3.8, 4) is 0 Å². The molecule has 0 atom stereocenters. The van der Waals surface area contributed by atoms with Crippen LogP contribution in [0.1, 0.15) is 32.3 Å². The Morgan fingerprint density at radius 1 is 0.842 bits per heavy atom. The molecule has 19 heavy (non-hydrogen) atoms. The molecule has 0 spiro atoms. The van der Waals surface area contributed by atoms with Gasteiger partial charge in [-0.05, 0) is 45.7 Å². The molecule has 96 valence electrons. The minimum atomic E-state index is 1.08. The number of fused-ring (bicyclic) bond motifs is 2. The van der Waals surface area contributed by atoms with E-state index in [4.69, 9.17) is 0 Å². The van der Waals surface area contributed by atoms with Crippen LogP contribution in [0, 0.1) is 10.4 Å². The third-order valence-corrected chi connectivity index (χ3v) is 4.12. The summed E-state index contributed by atoms with van der Waals surface area (Å²) in [6.45, 7) is 4.49. The Labute approximate surface area is 114 Å². The highest BCUT2D eigenvalue weighted by Gasteiger charge is 2.02. The summed E-state index contributed by atoms with van der Waals surface area (Å²) in [6, 6.07) is 15.7. The minimum absolute atomic E-state index is 1.08. The molecule has 1 aliphatic rings. The van der Waals surface area contributed by atoms with Crippen LogP contribution in [0.5, 0.6) is 0 Å². The fourth-order valence-corrected chi connectivity index (χ4v) is 2.94. The Morgan fingerprint density at radius 2 is 1.68 bits per heavy atom. The third-order valence-electron chi connectivity index (χ3n) is 4.12. The molecule has 2 aromatic carbocycles. The lowest BCUT2D eigenvalue weighted by atomic mass is 10.0. The van der Waals surface area contributed by atoms with Crippen LogP contribution in [0.25, 0.3) is 11.6 Å². The normalized spacial score (nSPS) is 13.3. The van der Waals surface area contributed by atoms with Gasteiger partial charge in [0.2, 0.25) is 0 Å². The van der Waals surface area contributed by atoms with Crippen molar-refractivity contribution < 1.29 is 0 Å². The summed E-state index contributed by atoms with van der Waals surface area (Å²) in [5.74, 6) is 0. The van der Waals surface area contributed by atoms with Gasteiger partial charge in [0.15, 0.2) is 0 Å². The molecule has 0 saturated heterocycles. The molecular formula is C19H20. The first-order chi connectivity index (χ1) is 9.33. The van der Waals surface area contributed by atoms with Gasteiger partial charge in [0, 0.05) is 0 Å². The van der Waals surface area contributed by atoms with Crippen LogP contribution in [0.15, 0.2) is 42.5 Å². The van der Waals surface area contributed by atoms with Gasteiger partial charge < -0.3 is 0 Å². The van der Waals surface area contributed by atoms with Crippen molar-refractivity contribution in [1.82, 2.24) is 0 Å². The first kappa shape index (κ1) is 12.2. The van der Waals surface area contributed by atoms with Crippen molar-refractivity contribution in [3.05, 3.63) is 68.9 Å². The highest BCUT2D eigenvalue weighted by molar-refractivity contribution is 5.55. The maximum atomic E-state index is 2.39. The van der Waals surface area contributed by atoms with Gasteiger partial charge in [-0.1, -0.05) is 68.0 Å². The standard InChI is InChI=1S/C19H20/c1-3-14-9-12-18-17-8-6-5-7-16(17)11-10-15(4-2)19(18)13-14/h5-9,11-13H,3-4,10H2,1-2H3. The Kier molecular flexibility index (Phi) is 3.25. The van der Waals surface area contributed by atoms with E-state index >= 15 is 0 Å². The molecule has 0 heteroatoms. The monoisotopic (exact) mass is 248 g/mol. The molecule has 0 nitrogen and oxygen atoms in total. The molecule has 2 aromatic rings. The Bertz CT molecular complexity index is 810. The van der Waals surface area contributed by atoms with Crippen LogP contribution in [0.3, 0.4) is 0 Å². The van der Waals surface area contributed by atoms with Gasteiger partial charge in [-0.25, -0.2) is 0 Å². The maximum absolute atomic E-state index is 2.39. The van der Waals surface area contributed by atoms with Crippen LogP contribution < -0.4 is 10.4 Å². The molecule has 0 N–H and O–H groups in total. The van der Waals surface area contributed by atoms with Crippen molar-refractivity contribution in [2.45, 2.75) is 33.1 Å². The molecule has 0 amide bonds. The molecule has 3 rings (SSSR count). The van der Waals surface area contributed by atoms with Crippen LogP contribution >= 0.6 is 0 Å². The van der Waals surface area contributed by atoms with Crippen molar-refractivity contribution in [3.63, 3.8) is 0 Å². The minimum Gasteiger partial charge on any atom is -0.0725 e. The molecular weight excluding hydrogens is 228 g/mol. The smallest absolute Gasteiger partial charge is 0.0106 e. The van der Waals surface area contributed by atoms with Gasteiger partial charge in [-0.2, -0.15) is 0 Å². The summed E-state index contributed by atoms with van der Waals surface area (Å²) in [4.78, 5) is 0. The van der Waals surface area contributed by atoms with Crippen LogP contribution in [-0.4, -0.2) is 0 Å². The predicted molar refractivity (Wildman–Crippen MR) is 82.0 cm³/mol. The van der Waals surface area contributed by atoms with Crippen molar-refractivity contribution >= 4 is 11.6 Å². The summed E-state index contributed by atoms with van der Waals surface area (Å²) >= 11 is 0. The van der Waals surface area contributed by atoms with E-state index < -0.39 is 0 Å². The summed E-state index contributed by atoms with van der Waals surface area (Å²) < 4.78 is 0. The Morgan fingerprint density at radius 3 is 2.47 bits per heavy atom. The van der Waals surface area contributed by atoms with Gasteiger partial charge in [0.25, 0.3) is 0 Å². The lowest BCUT2D eigenvalue weighted by molar-refractivity contribution is 1.11. The van der Waals surface area contributed by atoms with Gasteiger partial charge in [0.1, 0.15) is 0 Å². The second-order valence-corrected chi connectivity index (χ2v) is 5.19. The largest absolute Gasteiger partial charge is 0.0725 e. The first-order valence-electron chi connectivity index (χ1n) is 7.24. The molecule has 0 fully saturated rings. The molecule has 0 aromatic heterocycles. The second-order valence-electron chi connectivity index (χ2n) is 5.19. The lowest BCUT2D eigenvalue weighted by Crippen LogP contribution is -2.10. The summed E-state index contributed by atoms with van der Waals surface area (Å²) in [7, 11) is 0. The maximum Gasteiger partial charge on any atom is -0.0106 e. The summed E-state index contributed by atoms with van der Waals surface area (Å²) in [6.07, 6.45) is 5.69. The zero-order valence-corrected chi connectivity index (χ0v) is 11.7. The fraction of sp³-hybridized carbons (Fsp3) is 0.263. The predicted octanol–water partition coefficient (Wildman–Crippen LogP) is 3.28. The first-order valence-corrected chi connectivity index (χ1v) is 7.24. The van der Waals surface area contributed by atoms with E-state index in [1.54, 1.807) is 5.57 Å². The SMILES string of the molecule is CCC1=c2cc(CC)ccc2=c2ccccc2=CC1. The number of hydrogen-bond donors (Lipinski definition) is 0. The van der Waals surface area contributed by atoms with E-state index in [0.29, 0.717) is 0 Å². The molecule has 0 saturated carbocycles. The van der Waals surface area contributed by atoms with E-state index in [-0.39, 0.29) is 0 Å². The zero-order chi connectivity index (χ0) is 13.2. The number of hydrogen-bond acceptors (Lipinski definition) is 0. The summed E-state index contributed by atoms with van der Waals surface area (Å²) in [5.41, 5.74) is 2.99. The quantitative estimate of drug-likeness (QED) is 0.765. The average molecular weight is 248 g/mol. The number of benzene rings is 2. The van der Waals surface area contributed by atoms with Gasteiger partial charge in [-0.15, -0.1) is 0 Å². The zero-order valence-electron chi connectivity index (χ0n) is 11.7. The van der Waals surface area contributed by atoms with E-state index in [0.717, 1.165) is 19.3 Å². The van der Waals surface area contributed by atoms with Crippen molar-refractivity contribution in [2.75, 3.05) is 0 Å². The topological polar surface area (TPSA) is 0 Å². The highest BCUT2D eigenvalue weighted by atomic mass is 14.1. The molecule has 0 heterocycles. The van der Waals surface area contributed by atoms with Gasteiger partial charge in [-0.3, -0.25) is 0 Å². The molecule has 0 radical (unpaired) electrons. The molecule has 1 aliphatic carbocycles. The van der Waals surface area contributed by atoms with Gasteiger partial charge in [0.05, 0.1) is 0 Å². The fourth-order valence-electron chi connectivity index (χ4n) is 2.94. The molecule has 0 aliphatic heterocycles. The lowest BCUT2D eigenvalue weighted by Gasteiger charge is -2.03. The van der Waals surface area contributed by atoms with Crippen molar-refractivity contribution in [2.24, 2.45) is 0 Å². The molecule has 0 bridgehead atoms. The summed E-state index contributed by atoms with van der Waals surface area (Å²) in [5, 5.41) is 5.61. The average Bonchev–Trinajstić information content (AvgIpc) is 2.63. The van der Waals surface area contributed by atoms with E-state index in [1.165, 1.54) is 26.4 Å². The second kappa shape index (κ2) is 5.05.